The molecule has 150 valence electrons. The smallest absolute Gasteiger partial charge is 0.118 e. The maximum Gasteiger partial charge on any atom is 0.118 e. The van der Waals surface area contributed by atoms with Crippen molar-refractivity contribution in [3.63, 3.8) is 0 Å². The summed E-state index contributed by atoms with van der Waals surface area (Å²) in [6, 6.07) is 26.6. The third kappa shape index (κ3) is 3.79. The third-order valence-electron chi connectivity index (χ3n) is 5.76. The summed E-state index contributed by atoms with van der Waals surface area (Å²) in [5.41, 5.74) is 3.70. The molecule has 0 radical (unpaired) electrons. The van der Waals surface area contributed by atoms with Gasteiger partial charge in [-0.2, -0.15) is 0 Å². The third-order valence-corrected chi connectivity index (χ3v) is 5.76. The van der Waals surface area contributed by atoms with E-state index in [1.54, 1.807) is 7.11 Å². The molecule has 3 aromatic rings. The van der Waals surface area contributed by atoms with E-state index in [9.17, 15) is 5.11 Å². The van der Waals surface area contributed by atoms with E-state index in [1.807, 2.05) is 42.5 Å². The number of hydrogen-bond donors (Lipinski definition) is 2. The van der Waals surface area contributed by atoms with E-state index in [2.05, 4.69) is 41.7 Å². The fourth-order valence-electron chi connectivity index (χ4n) is 4.30. The molecule has 2 atom stereocenters. The monoisotopic (exact) mass is 389 g/mol. The predicted octanol–water partition coefficient (Wildman–Crippen LogP) is 3.95. The highest BCUT2D eigenvalue weighted by Gasteiger charge is 2.44. The second-order valence-corrected chi connectivity index (χ2v) is 7.33. The SMILES string of the molecule is COc1ccc(-c2ccccc2C2(C(CO)c3ccccc3)CNCCO2)cc1. The van der Waals surface area contributed by atoms with Gasteiger partial charge in [0.2, 0.25) is 0 Å². The van der Waals surface area contributed by atoms with Crippen molar-refractivity contribution in [1.82, 2.24) is 5.32 Å². The minimum absolute atomic E-state index is 0.00262. The second kappa shape index (κ2) is 8.78. The van der Waals surface area contributed by atoms with Crippen molar-refractivity contribution in [1.29, 1.82) is 0 Å². The van der Waals surface area contributed by atoms with Gasteiger partial charge in [0.05, 0.1) is 20.3 Å². The summed E-state index contributed by atoms with van der Waals surface area (Å²) < 4.78 is 11.8. The summed E-state index contributed by atoms with van der Waals surface area (Å²) in [4.78, 5) is 0. The molecule has 0 bridgehead atoms. The van der Waals surface area contributed by atoms with Crippen LogP contribution in [0.4, 0.5) is 0 Å². The lowest BCUT2D eigenvalue weighted by Crippen LogP contribution is -2.52. The summed E-state index contributed by atoms with van der Waals surface area (Å²) in [7, 11) is 1.67. The summed E-state index contributed by atoms with van der Waals surface area (Å²) in [5, 5.41) is 14.0. The molecule has 0 aliphatic carbocycles. The molecule has 0 aromatic heterocycles. The van der Waals surface area contributed by atoms with Crippen LogP contribution in [0.15, 0.2) is 78.9 Å². The Morgan fingerprint density at radius 2 is 1.72 bits per heavy atom. The number of nitrogens with one attached hydrogen (secondary N) is 1. The first-order valence-corrected chi connectivity index (χ1v) is 10.0. The van der Waals surface area contributed by atoms with Gasteiger partial charge >= 0.3 is 0 Å². The molecule has 1 heterocycles. The van der Waals surface area contributed by atoms with Gasteiger partial charge in [-0.25, -0.2) is 0 Å². The average molecular weight is 389 g/mol. The van der Waals surface area contributed by atoms with Crippen LogP contribution in [0.25, 0.3) is 11.1 Å². The second-order valence-electron chi connectivity index (χ2n) is 7.33. The van der Waals surface area contributed by atoms with Crippen molar-refractivity contribution in [3.8, 4) is 16.9 Å². The maximum atomic E-state index is 10.5. The van der Waals surface area contributed by atoms with Crippen molar-refractivity contribution < 1.29 is 14.6 Å². The Bertz CT molecular complexity index is 918. The van der Waals surface area contributed by atoms with Gasteiger partial charge in [-0.3, -0.25) is 0 Å². The largest absolute Gasteiger partial charge is 0.497 e. The standard InChI is InChI=1S/C25H27NO3/c1-28-21-13-11-19(12-14-21)22-9-5-6-10-23(22)25(18-26-15-16-29-25)24(17-27)20-7-3-2-4-8-20/h2-14,24,26-27H,15-18H2,1H3. The zero-order valence-electron chi connectivity index (χ0n) is 16.7. The maximum absolute atomic E-state index is 10.5. The van der Waals surface area contributed by atoms with Crippen molar-refractivity contribution in [3.05, 3.63) is 90.0 Å². The fourth-order valence-corrected chi connectivity index (χ4v) is 4.30. The van der Waals surface area contributed by atoms with E-state index in [-0.39, 0.29) is 12.5 Å². The van der Waals surface area contributed by atoms with Crippen molar-refractivity contribution in [2.24, 2.45) is 0 Å². The van der Waals surface area contributed by atoms with Gasteiger partial charge in [0.25, 0.3) is 0 Å². The summed E-state index contributed by atoms with van der Waals surface area (Å²) >= 11 is 0. The average Bonchev–Trinajstić information content (AvgIpc) is 2.81. The zero-order valence-corrected chi connectivity index (χ0v) is 16.7. The summed E-state index contributed by atoms with van der Waals surface area (Å²) in [5.74, 6) is 0.643. The zero-order chi connectivity index (χ0) is 20.1. The topological polar surface area (TPSA) is 50.7 Å². The molecule has 1 aliphatic heterocycles. The van der Waals surface area contributed by atoms with Gasteiger partial charge < -0.3 is 19.9 Å². The minimum atomic E-state index is -0.662. The number of morpholine rings is 1. The van der Waals surface area contributed by atoms with E-state index in [0.717, 1.165) is 34.5 Å². The molecule has 0 saturated carbocycles. The van der Waals surface area contributed by atoms with Crippen LogP contribution in [-0.2, 0) is 10.3 Å². The Hall–Kier alpha value is -2.66. The molecule has 4 rings (SSSR count). The normalized spacial score (nSPS) is 20.2. The minimum Gasteiger partial charge on any atom is -0.497 e. The van der Waals surface area contributed by atoms with Crippen LogP contribution in [0.2, 0.25) is 0 Å². The molecular weight excluding hydrogens is 362 g/mol. The van der Waals surface area contributed by atoms with Gasteiger partial charge in [0.1, 0.15) is 11.4 Å². The van der Waals surface area contributed by atoms with E-state index < -0.39 is 5.60 Å². The number of aliphatic hydroxyl groups is 1. The molecular formula is C25H27NO3. The molecule has 0 spiro atoms. The van der Waals surface area contributed by atoms with Gasteiger partial charge in [0.15, 0.2) is 0 Å². The highest BCUT2D eigenvalue weighted by molar-refractivity contribution is 5.69. The van der Waals surface area contributed by atoms with E-state index in [0.29, 0.717) is 13.2 Å². The molecule has 3 aromatic carbocycles. The Morgan fingerprint density at radius 3 is 2.38 bits per heavy atom. The molecule has 1 saturated heterocycles. The van der Waals surface area contributed by atoms with Gasteiger partial charge in [0, 0.05) is 19.0 Å². The molecule has 0 amide bonds. The molecule has 1 fully saturated rings. The highest BCUT2D eigenvalue weighted by Crippen LogP contribution is 2.44. The number of benzene rings is 3. The van der Waals surface area contributed by atoms with Gasteiger partial charge in [-0.1, -0.05) is 66.7 Å². The number of aliphatic hydroxyl groups excluding tert-OH is 1. The van der Waals surface area contributed by atoms with Crippen LogP contribution in [0, 0.1) is 0 Å². The number of hydrogen-bond acceptors (Lipinski definition) is 4. The van der Waals surface area contributed by atoms with E-state index >= 15 is 0 Å². The van der Waals surface area contributed by atoms with Crippen molar-refractivity contribution in [2.75, 3.05) is 33.4 Å². The number of rotatable bonds is 6. The van der Waals surface area contributed by atoms with E-state index in [1.165, 1.54) is 0 Å². The van der Waals surface area contributed by atoms with Gasteiger partial charge in [-0.15, -0.1) is 0 Å². The first-order valence-electron chi connectivity index (χ1n) is 10.0. The molecule has 29 heavy (non-hydrogen) atoms. The molecule has 4 heteroatoms. The molecule has 2 unspecified atom stereocenters. The molecule has 2 N–H and O–H groups in total. The Morgan fingerprint density at radius 1 is 1.00 bits per heavy atom. The van der Waals surface area contributed by atoms with Crippen LogP contribution in [0.1, 0.15) is 17.0 Å². The first-order chi connectivity index (χ1) is 14.3. The van der Waals surface area contributed by atoms with Crippen LogP contribution >= 0.6 is 0 Å². The van der Waals surface area contributed by atoms with Crippen molar-refractivity contribution >= 4 is 0 Å². The van der Waals surface area contributed by atoms with Crippen LogP contribution < -0.4 is 10.1 Å². The van der Waals surface area contributed by atoms with Gasteiger partial charge in [-0.05, 0) is 34.4 Å². The van der Waals surface area contributed by atoms with Crippen molar-refractivity contribution in [2.45, 2.75) is 11.5 Å². The van der Waals surface area contributed by atoms with Crippen LogP contribution in [-0.4, -0.2) is 38.5 Å². The fraction of sp³-hybridized carbons (Fsp3) is 0.280. The predicted molar refractivity (Wildman–Crippen MR) is 115 cm³/mol. The lowest BCUT2D eigenvalue weighted by molar-refractivity contribution is -0.0987. The Balaban J connectivity index is 1.86. The van der Waals surface area contributed by atoms with Crippen LogP contribution in [0.5, 0.6) is 5.75 Å². The quantitative estimate of drug-likeness (QED) is 0.670. The molecule has 4 nitrogen and oxygen atoms in total. The highest BCUT2D eigenvalue weighted by atomic mass is 16.5. The van der Waals surface area contributed by atoms with E-state index in [4.69, 9.17) is 9.47 Å². The molecule has 1 aliphatic rings. The Kier molecular flexibility index (Phi) is 5.95. The van der Waals surface area contributed by atoms with Crippen LogP contribution in [0.3, 0.4) is 0 Å². The lowest BCUT2D eigenvalue weighted by Gasteiger charge is -2.44. The Labute approximate surface area is 172 Å². The first kappa shape index (κ1) is 19.6. The number of ether oxygens (including phenoxy) is 2. The number of methoxy groups -OCH3 is 1. The summed E-state index contributed by atoms with van der Waals surface area (Å²) in [6.07, 6.45) is 0. The lowest BCUT2D eigenvalue weighted by atomic mass is 9.74. The summed E-state index contributed by atoms with van der Waals surface area (Å²) in [6.45, 7) is 2.04.